The molecule has 0 spiro atoms. The average Bonchev–Trinajstić information content (AvgIpc) is 3.08. The van der Waals surface area contributed by atoms with Gasteiger partial charge in [0, 0.05) is 31.3 Å². The quantitative estimate of drug-likeness (QED) is 0.830. The molecule has 1 aliphatic heterocycles. The van der Waals surface area contributed by atoms with E-state index in [2.05, 4.69) is 34.4 Å². The molecule has 1 N–H and O–H groups in total. The van der Waals surface area contributed by atoms with E-state index in [9.17, 15) is 4.79 Å². The minimum Gasteiger partial charge on any atom is -0.379 e. The van der Waals surface area contributed by atoms with Gasteiger partial charge in [-0.3, -0.25) is 9.78 Å². The Morgan fingerprint density at radius 2 is 2.23 bits per heavy atom. The largest absolute Gasteiger partial charge is 0.379 e. The van der Waals surface area contributed by atoms with Crippen LogP contribution in [-0.2, 0) is 16.0 Å². The molecule has 5 nitrogen and oxygen atoms in total. The second kappa shape index (κ2) is 8.60. The second-order valence-corrected chi connectivity index (χ2v) is 7.26. The number of nitrogens with zero attached hydrogens (tertiary/aromatic N) is 2. The van der Waals surface area contributed by atoms with Crippen LogP contribution < -0.4 is 5.32 Å². The van der Waals surface area contributed by atoms with Crippen molar-refractivity contribution in [2.24, 2.45) is 5.92 Å². The third-order valence-corrected chi connectivity index (χ3v) is 5.49. The zero-order valence-electron chi connectivity index (χ0n) is 15.9. The van der Waals surface area contributed by atoms with Gasteiger partial charge in [-0.15, -0.1) is 0 Å². The Balaban J connectivity index is 1.53. The summed E-state index contributed by atoms with van der Waals surface area (Å²) >= 11 is 0. The van der Waals surface area contributed by atoms with Gasteiger partial charge in [-0.1, -0.05) is 25.1 Å². The first-order chi connectivity index (χ1) is 12.6. The monoisotopic (exact) mass is 355 g/mol. The number of aromatic nitrogens is 1. The average molecular weight is 355 g/mol. The number of likely N-dealkylation sites (tertiary alicyclic amines) is 1. The van der Waals surface area contributed by atoms with Crippen LogP contribution in [0.25, 0.3) is 10.9 Å². The third-order valence-electron chi connectivity index (χ3n) is 5.49. The van der Waals surface area contributed by atoms with E-state index >= 15 is 0 Å². The molecule has 5 heteroatoms. The van der Waals surface area contributed by atoms with Crippen LogP contribution in [0.15, 0.2) is 36.5 Å². The first kappa shape index (κ1) is 18.8. The van der Waals surface area contributed by atoms with Crippen molar-refractivity contribution in [3.05, 3.63) is 42.1 Å². The molecule has 3 rings (SSSR count). The Labute approximate surface area is 155 Å². The number of amides is 1. The van der Waals surface area contributed by atoms with Gasteiger partial charge in [0.2, 0.25) is 5.91 Å². The van der Waals surface area contributed by atoms with Gasteiger partial charge in [-0.05, 0) is 50.6 Å². The van der Waals surface area contributed by atoms with Crippen molar-refractivity contribution in [2.45, 2.75) is 38.3 Å². The van der Waals surface area contributed by atoms with Crippen LogP contribution in [0.2, 0.25) is 0 Å². The van der Waals surface area contributed by atoms with E-state index in [0.717, 1.165) is 35.9 Å². The summed E-state index contributed by atoms with van der Waals surface area (Å²) in [5, 5.41) is 4.20. The van der Waals surface area contributed by atoms with Crippen LogP contribution in [0.5, 0.6) is 0 Å². The van der Waals surface area contributed by atoms with Crippen molar-refractivity contribution in [2.75, 3.05) is 27.2 Å². The van der Waals surface area contributed by atoms with E-state index in [1.807, 2.05) is 31.3 Å². The summed E-state index contributed by atoms with van der Waals surface area (Å²) in [6, 6.07) is 10.5. The molecule has 0 bridgehead atoms. The Morgan fingerprint density at radius 3 is 2.96 bits per heavy atom. The van der Waals surface area contributed by atoms with Crippen LogP contribution in [-0.4, -0.2) is 55.2 Å². The molecule has 1 amide bonds. The molecule has 0 radical (unpaired) electrons. The molecule has 1 fully saturated rings. The number of likely N-dealkylation sites (N-methyl/N-ethyl adjacent to an activating group) is 1. The number of ether oxygens (including phenoxy) is 1. The minimum atomic E-state index is -0.166. The highest BCUT2D eigenvalue weighted by Crippen LogP contribution is 2.24. The Hall–Kier alpha value is -1.98. The Morgan fingerprint density at radius 1 is 1.42 bits per heavy atom. The molecule has 26 heavy (non-hydrogen) atoms. The van der Waals surface area contributed by atoms with Gasteiger partial charge in [-0.2, -0.15) is 0 Å². The molecule has 1 aromatic heterocycles. The highest BCUT2D eigenvalue weighted by molar-refractivity contribution is 5.79. The Bertz CT molecular complexity index is 749. The van der Waals surface area contributed by atoms with Crippen molar-refractivity contribution in [1.29, 1.82) is 0 Å². The molecule has 2 heterocycles. The fourth-order valence-corrected chi connectivity index (χ4v) is 3.94. The fourth-order valence-electron chi connectivity index (χ4n) is 3.94. The smallest absolute Gasteiger partial charge is 0.225 e. The number of hydrogen-bond acceptors (Lipinski definition) is 4. The van der Waals surface area contributed by atoms with Crippen LogP contribution in [0.4, 0.5) is 0 Å². The lowest BCUT2D eigenvalue weighted by Crippen LogP contribution is -2.47. The standard InChI is InChI=1S/C21H29N3O2/c1-15(20(26-3)19-9-6-12-24(19)2)21(25)22-11-10-16-13-17-7-4-5-8-18(17)23-14-16/h4-5,7-8,13-15,19-20H,6,9-12H2,1-3H3,(H,22,25). The minimum absolute atomic E-state index is 0.0610. The van der Waals surface area contributed by atoms with Crippen molar-refractivity contribution in [3.8, 4) is 0 Å². The maximum Gasteiger partial charge on any atom is 0.225 e. The molecule has 2 aromatic rings. The number of fused-ring (bicyclic) bond motifs is 1. The normalized spacial score (nSPS) is 20.2. The zero-order chi connectivity index (χ0) is 18.5. The van der Waals surface area contributed by atoms with E-state index in [1.54, 1.807) is 7.11 Å². The van der Waals surface area contributed by atoms with Crippen LogP contribution in [0.1, 0.15) is 25.3 Å². The third kappa shape index (κ3) is 4.22. The Kier molecular flexibility index (Phi) is 6.22. The van der Waals surface area contributed by atoms with Gasteiger partial charge >= 0.3 is 0 Å². The highest BCUT2D eigenvalue weighted by atomic mass is 16.5. The molecule has 1 aliphatic rings. The second-order valence-electron chi connectivity index (χ2n) is 7.26. The van der Waals surface area contributed by atoms with Gasteiger partial charge < -0.3 is 15.0 Å². The molecule has 0 saturated carbocycles. The van der Waals surface area contributed by atoms with E-state index in [4.69, 9.17) is 4.74 Å². The first-order valence-electron chi connectivity index (χ1n) is 9.44. The van der Waals surface area contributed by atoms with Gasteiger partial charge in [0.15, 0.2) is 0 Å². The molecular weight excluding hydrogens is 326 g/mol. The molecule has 1 saturated heterocycles. The molecule has 3 unspecified atom stereocenters. The number of pyridine rings is 1. The molecule has 0 aliphatic carbocycles. The van der Waals surface area contributed by atoms with Crippen molar-refractivity contribution >= 4 is 16.8 Å². The summed E-state index contributed by atoms with van der Waals surface area (Å²) < 4.78 is 5.69. The van der Waals surface area contributed by atoms with Gasteiger partial charge in [0.1, 0.15) is 0 Å². The van der Waals surface area contributed by atoms with Gasteiger partial charge in [0.25, 0.3) is 0 Å². The van der Waals surface area contributed by atoms with Crippen LogP contribution in [0, 0.1) is 5.92 Å². The summed E-state index contributed by atoms with van der Waals surface area (Å²) in [5.41, 5.74) is 2.13. The van der Waals surface area contributed by atoms with E-state index in [-0.39, 0.29) is 17.9 Å². The van der Waals surface area contributed by atoms with Crippen molar-refractivity contribution in [1.82, 2.24) is 15.2 Å². The number of benzene rings is 1. The maximum absolute atomic E-state index is 12.6. The number of para-hydroxylation sites is 1. The molecular formula is C21H29N3O2. The van der Waals surface area contributed by atoms with Gasteiger partial charge in [0.05, 0.1) is 17.5 Å². The maximum atomic E-state index is 12.6. The van der Waals surface area contributed by atoms with Crippen molar-refractivity contribution < 1.29 is 9.53 Å². The van der Waals surface area contributed by atoms with Crippen LogP contribution in [0.3, 0.4) is 0 Å². The summed E-state index contributed by atoms with van der Waals surface area (Å²) in [4.78, 5) is 19.4. The zero-order valence-corrected chi connectivity index (χ0v) is 15.9. The number of carbonyl (C=O) groups is 1. The number of methoxy groups -OCH3 is 1. The number of nitrogens with one attached hydrogen (secondary N) is 1. The number of rotatable bonds is 7. The van der Waals surface area contributed by atoms with E-state index in [0.29, 0.717) is 12.6 Å². The SMILES string of the molecule is COC(C(C)C(=O)NCCc1cnc2ccccc2c1)C1CCCN1C. The summed E-state index contributed by atoms with van der Waals surface area (Å²) in [6.07, 6.45) is 4.87. The lowest BCUT2D eigenvalue weighted by atomic mass is 9.95. The van der Waals surface area contributed by atoms with Crippen LogP contribution >= 0.6 is 0 Å². The lowest BCUT2D eigenvalue weighted by Gasteiger charge is -2.31. The summed E-state index contributed by atoms with van der Waals surface area (Å²) in [7, 11) is 3.82. The van der Waals surface area contributed by atoms with E-state index in [1.165, 1.54) is 6.42 Å². The molecule has 140 valence electrons. The topological polar surface area (TPSA) is 54.5 Å². The number of carbonyl (C=O) groups excluding carboxylic acids is 1. The summed E-state index contributed by atoms with van der Waals surface area (Å²) in [5.74, 6) is -0.105. The first-order valence-corrected chi connectivity index (χ1v) is 9.44. The molecule has 1 aromatic carbocycles. The lowest BCUT2D eigenvalue weighted by molar-refractivity contribution is -0.130. The van der Waals surface area contributed by atoms with E-state index < -0.39 is 0 Å². The predicted octanol–water partition coefficient (Wildman–Crippen LogP) is 2.64. The highest BCUT2D eigenvalue weighted by Gasteiger charge is 2.35. The molecule has 3 atom stereocenters. The predicted molar refractivity (Wildman–Crippen MR) is 104 cm³/mol. The fraction of sp³-hybridized carbons (Fsp3) is 0.524. The van der Waals surface area contributed by atoms with Crippen molar-refractivity contribution in [3.63, 3.8) is 0 Å². The summed E-state index contributed by atoms with van der Waals surface area (Å²) in [6.45, 7) is 3.65. The number of hydrogen-bond donors (Lipinski definition) is 1. The van der Waals surface area contributed by atoms with Gasteiger partial charge in [-0.25, -0.2) is 0 Å².